The second-order valence-corrected chi connectivity index (χ2v) is 4.55. The van der Waals surface area contributed by atoms with Gasteiger partial charge in [0.2, 0.25) is 0 Å². The van der Waals surface area contributed by atoms with Crippen molar-refractivity contribution in [3.63, 3.8) is 0 Å². The first kappa shape index (κ1) is 12.2. The maximum absolute atomic E-state index is 6.00. The van der Waals surface area contributed by atoms with E-state index in [2.05, 4.69) is 10.1 Å². The molecule has 2 heterocycles. The third-order valence-electron chi connectivity index (χ3n) is 3.26. The van der Waals surface area contributed by atoms with Crippen molar-refractivity contribution in [1.82, 2.24) is 14.8 Å². The molecule has 0 amide bonds. The third kappa shape index (κ3) is 1.99. The minimum absolute atomic E-state index is 0.421. The van der Waals surface area contributed by atoms with Crippen molar-refractivity contribution in [3.05, 3.63) is 48.7 Å². The van der Waals surface area contributed by atoms with Crippen LogP contribution in [0, 0.1) is 0 Å². The Hall–Kier alpha value is -2.82. The quantitative estimate of drug-likeness (QED) is 0.744. The summed E-state index contributed by atoms with van der Waals surface area (Å²) < 4.78 is 1.83. The molecule has 0 fully saturated rings. The summed E-state index contributed by atoms with van der Waals surface area (Å²) in [6, 6.07) is 13.7. The highest BCUT2D eigenvalue weighted by Gasteiger charge is 2.12. The Morgan fingerprint density at radius 1 is 0.900 bits per heavy atom. The summed E-state index contributed by atoms with van der Waals surface area (Å²) in [5.41, 5.74) is 15.6. The fourth-order valence-corrected chi connectivity index (χ4v) is 2.30. The van der Waals surface area contributed by atoms with Gasteiger partial charge in [0.25, 0.3) is 0 Å². The van der Waals surface area contributed by atoms with E-state index < -0.39 is 0 Å². The monoisotopic (exact) mass is 265 g/mol. The number of nitrogens with two attached hydrogens (primary N) is 2. The Morgan fingerprint density at radius 3 is 2.30 bits per heavy atom. The zero-order valence-corrected chi connectivity index (χ0v) is 11.1. The topological polar surface area (TPSA) is 82.8 Å². The van der Waals surface area contributed by atoms with Gasteiger partial charge in [0, 0.05) is 24.4 Å². The Labute approximate surface area is 116 Å². The summed E-state index contributed by atoms with van der Waals surface area (Å²) in [5.74, 6) is 0.851. The predicted octanol–water partition coefficient (Wildman–Crippen LogP) is 2.31. The zero-order chi connectivity index (χ0) is 14.1. The van der Waals surface area contributed by atoms with Gasteiger partial charge >= 0.3 is 0 Å². The predicted molar refractivity (Wildman–Crippen MR) is 80.7 cm³/mol. The number of rotatable bonds is 2. The van der Waals surface area contributed by atoms with Gasteiger partial charge in [0.1, 0.15) is 11.6 Å². The van der Waals surface area contributed by atoms with Crippen LogP contribution in [-0.2, 0) is 7.05 Å². The number of nitrogens with zero attached hydrogens (tertiary/aromatic N) is 3. The van der Waals surface area contributed by atoms with E-state index >= 15 is 0 Å². The maximum atomic E-state index is 6.00. The normalized spacial score (nSPS) is 10.7. The van der Waals surface area contributed by atoms with E-state index in [0.29, 0.717) is 11.6 Å². The summed E-state index contributed by atoms with van der Waals surface area (Å²) in [6.07, 6.45) is 1.77. The number of hydrogen-bond donors (Lipinski definition) is 2. The number of anilines is 2. The van der Waals surface area contributed by atoms with Crippen molar-refractivity contribution in [2.75, 3.05) is 11.5 Å². The highest BCUT2D eigenvalue weighted by Crippen LogP contribution is 2.34. The van der Waals surface area contributed by atoms with E-state index in [-0.39, 0.29) is 0 Å². The van der Waals surface area contributed by atoms with Crippen LogP contribution in [0.5, 0.6) is 0 Å². The lowest BCUT2D eigenvalue weighted by Crippen LogP contribution is -2.00. The van der Waals surface area contributed by atoms with Gasteiger partial charge in [-0.1, -0.05) is 24.3 Å². The van der Waals surface area contributed by atoms with Gasteiger partial charge in [0.15, 0.2) is 0 Å². The van der Waals surface area contributed by atoms with Crippen LogP contribution in [0.2, 0.25) is 0 Å². The van der Waals surface area contributed by atoms with E-state index in [1.807, 2.05) is 48.1 Å². The van der Waals surface area contributed by atoms with E-state index in [1.165, 1.54) is 0 Å². The molecule has 3 rings (SSSR count). The van der Waals surface area contributed by atoms with Crippen LogP contribution in [0.3, 0.4) is 0 Å². The van der Waals surface area contributed by atoms with E-state index in [0.717, 1.165) is 22.4 Å². The number of pyridine rings is 1. The first-order valence-corrected chi connectivity index (χ1v) is 6.26. The molecule has 100 valence electrons. The van der Waals surface area contributed by atoms with Crippen LogP contribution in [0.25, 0.3) is 22.4 Å². The van der Waals surface area contributed by atoms with Gasteiger partial charge in [-0.3, -0.25) is 4.68 Å². The van der Waals surface area contributed by atoms with Crippen LogP contribution in [0.15, 0.2) is 48.7 Å². The zero-order valence-electron chi connectivity index (χ0n) is 11.1. The molecule has 0 spiro atoms. The van der Waals surface area contributed by atoms with E-state index in [9.17, 15) is 0 Å². The average molecular weight is 265 g/mol. The molecular formula is C15H15N5. The molecule has 20 heavy (non-hydrogen) atoms. The molecule has 0 aliphatic rings. The van der Waals surface area contributed by atoms with Crippen molar-refractivity contribution >= 4 is 11.6 Å². The molecule has 4 N–H and O–H groups in total. The molecule has 0 aliphatic carbocycles. The number of benzene rings is 1. The molecule has 0 bridgehead atoms. The highest BCUT2D eigenvalue weighted by atomic mass is 15.3. The standard InChI is InChI=1S/C15H15N5/c1-20-13(8-9-18-20)11-5-3-2-4-10(11)12-6-7-14(16)19-15(12)17/h2-9H,1H3,(H4,16,17,19). The smallest absolute Gasteiger partial charge is 0.133 e. The fraction of sp³-hybridized carbons (Fsp3) is 0.0667. The fourth-order valence-electron chi connectivity index (χ4n) is 2.30. The lowest BCUT2D eigenvalue weighted by Gasteiger charge is -2.12. The Kier molecular flexibility index (Phi) is 2.87. The van der Waals surface area contributed by atoms with Gasteiger partial charge in [-0.25, -0.2) is 4.98 Å². The molecule has 0 aliphatic heterocycles. The van der Waals surface area contributed by atoms with Gasteiger partial charge in [-0.05, 0) is 23.8 Å². The molecular weight excluding hydrogens is 250 g/mol. The largest absolute Gasteiger partial charge is 0.384 e. The lowest BCUT2D eigenvalue weighted by molar-refractivity contribution is 0.776. The summed E-state index contributed by atoms with van der Waals surface area (Å²) >= 11 is 0. The van der Waals surface area contributed by atoms with Crippen molar-refractivity contribution in [3.8, 4) is 22.4 Å². The van der Waals surface area contributed by atoms with Crippen LogP contribution in [0.4, 0.5) is 11.6 Å². The number of aryl methyl sites for hydroxylation is 1. The lowest BCUT2D eigenvalue weighted by atomic mass is 9.98. The molecule has 0 saturated carbocycles. The summed E-state index contributed by atoms with van der Waals surface area (Å²) in [7, 11) is 1.91. The molecule has 0 atom stereocenters. The average Bonchev–Trinajstić information content (AvgIpc) is 2.85. The van der Waals surface area contributed by atoms with Crippen LogP contribution < -0.4 is 11.5 Å². The van der Waals surface area contributed by atoms with Crippen molar-refractivity contribution in [2.24, 2.45) is 7.05 Å². The minimum Gasteiger partial charge on any atom is -0.384 e. The van der Waals surface area contributed by atoms with Crippen molar-refractivity contribution < 1.29 is 0 Å². The van der Waals surface area contributed by atoms with Gasteiger partial charge in [0.05, 0.1) is 5.69 Å². The SMILES string of the molecule is Cn1nccc1-c1ccccc1-c1ccc(N)nc1N. The number of nitrogen functional groups attached to an aromatic ring is 2. The second-order valence-electron chi connectivity index (χ2n) is 4.55. The summed E-state index contributed by atoms with van der Waals surface area (Å²) in [4.78, 5) is 4.13. The highest BCUT2D eigenvalue weighted by molar-refractivity contribution is 5.86. The van der Waals surface area contributed by atoms with Gasteiger partial charge < -0.3 is 11.5 Å². The minimum atomic E-state index is 0.421. The first-order chi connectivity index (χ1) is 9.66. The van der Waals surface area contributed by atoms with Crippen molar-refractivity contribution in [1.29, 1.82) is 0 Å². The second kappa shape index (κ2) is 4.70. The summed E-state index contributed by atoms with van der Waals surface area (Å²) in [5, 5.41) is 4.21. The van der Waals surface area contributed by atoms with E-state index in [4.69, 9.17) is 11.5 Å². The molecule has 0 saturated heterocycles. The Bertz CT molecular complexity index is 760. The molecule has 2 aromatic heterocycles. The number of aromatic nitrogens is 3. The maximum Gasteiger partial charge on any atom is 0.133 e. The third-order valence-corrected chi connectivity index (χ3v) is 3.26. The number of hydrogen-bond acceptors (Lipinski definition) is 4. The molecule has 3 aromatic rings. The van der Waals surface area contributed by atoms with Gasteiger partial charge in [-0.2, -0.15) is 5.10 Å². The molecule has 1 aromatic carbocycles. The van der Waals surface area contributed by atoms with Crippen LogP contribution in [-0.4, -0.2) is 14.8 Å². The van der Waals surface area contributed by atoms with Crippen LogP contribution >= 0.6 is 0 Å². The summed E-state index contributed by atoms with van der Waals surface area (Å²) in [6.45, 7) is 0. The van der Waals surface area contributed by atoms with Crippen LogP contribution in [0.1, 0.15) is 0 Å². The first-order valence-electron chi connectivity index (χ1n) is 6.26. The molecule has 5 heteroatoms. The molecule has 0 unspecified atom stereocenters. The molecule has 5 nitrogen and oxygen atoms in total. The van der Waals surface area contributed by atoms with Gasteiger partial charge in [-0.15, -0.1) is 0 Å². The van der Waals surface area contributed by atoms with Crippen molar-refractivity contribution in [2.45, 2.75) is 0 Å². The Morgan fingerprint density at radius 2 is 1.65 bits per heavy atom. The van der Waals surface area contributed by atoms with E-state index in [1.54, 1.807) is 12.3 Å². The Balaban J connectivity index is 2.23. The molecule has 0 radical (unpaired) electrons.